The van der Waals surface area contributed by atoms with Crippen LogP contribution in [0.4, 0.5) is 5.69 Å². The summed E-state index contributed by atoms with van der Waals surface area (Å²) in [6, 6.07) is 16.4. The highest BCUT2D eigenvalue weighted by Gasteiger charge is 2.32. The van der Waals surface area contributed by atoms with Gasteiger partial charge in [-0.25, -0.2) is 8.97 Å². The zero-order valence-corrected chi connectivity index (χ0v) is 22.4. The Balaban J connectivity index is 1.50. The Bertz CT molecular complexity index is 1730. The van der Waals surface area contributed by atoms with Gasteiger partial charge < -0.3 is 10.1 Å². The van der Waals surface area contributed by atoms with Crippen molar-refractivity contribution in [1.29, 1.82) is 0 Å². The minimum atomic E-state index is -0.385. The van der Waals surface area contributed by atoms with E-state index in [0.717, 1.165) is 21.0 Å². The third-order valence-corrected chi connectivity index (χ3v) is 8.52. The van der Waals surface area contributed by atoms with Gasteiger partial charge >= 0.3 is 0 Å². The number of nitrogens with zero attached hydrogens (tertiary/aromatic N) is 4. The lowest BCUT2D eigenvalue weighted by atomic mass is 9.94. The van der Waals surface area contributed by atoms with Gasteiger partial charge in [-0.1, -0.05) is 47.6 Å². The van der Waals surface area contributed by atoms with Gasteiger partial charge in [0.1, 0.15) is 4.83 Å². The molecular weight excluding hydrogens is 530 g/mol. The molecule has 1 amide bonds. The van der Waals surface area contributed by atoms with Gasteiger partial charge in [0.25, 0.3) is 5.56 Å². The van der Waals surface area contributed by atoms with E-state index in [1.54, 1.807) is 22.8 Å². The Labute approximate surface area is 225 Å². The number of fused-ring (bicyclic) bond motifs is 5. The van der Waals surface area contributed by atoms with Crippen molar-refractivity contribution in [3.63, 3.8) is 0 Å². The molecule has 5 aromatic rings. The van der Waals surface area contributed by atoms with E-state index in [-0.39, 0.29) is 22.8 Å². The van der Waals surface area contributed by atoms with Crippen LogP contribution in [0.5, 0.6) is 0 Å². The highest BCUT2D eigenvalue weighted by Crippen LogP contribution is 2.39. The first-order valence-corrected chi connectivity index (χ1v) is 13.8. The lowest BCUT2D eigenvalue weighted by Crippen LogP contribution is -2.32. The van der Waals surface area contributed by atoms with Gasteiger partial charge in [0.05, 0.1) is 29.0 Å². The van der Waals surface area contributed by atoms with Crippen molar-refractivity contribution in [2.24, 2.45) is 0 Å². The molecule has 0 unspecified atom stereocenters. The maximum Gasteiger partial charge on any atom is 0.268 e. The molecule has 11 heteroatoms. The predicted molar refractivity (Wildman–Crippen MR) is 147 cm³/mol. The average Bonchev–Trinajstić information content (AvgIpc) is 3.44. The maximum atomic E-state index is 14.0. The van der Waals surface area contributed by atoms with Crippen LogP contribution < -0.4 is 10.9 Å². The summed E-state index contributed by atoms with van der Waals surface area (Å²) in [6.07, 6.45) is 0.614. The average molecular weight is 552 g/mol. The highest BCUT2D eigenvalue weighted by atomic mass is 35.5. The zero-order valence-electron chi connectivity index (χ0n) is 20.0. The smallest absolute Gasteiger partial charge is 0.268 e. The number of thiophene rings is 1. The van der Waals surface area contributed by atoms with Crippen LogP contribution in [0, 0.1) is 0 Å². The number of nitrogens with one attached hydrogen (secondary N) is 1. The number of anilines is 1. The Morgan fingerprint density at radius 2 is 2.00 bits per heavy atom. The van der Waals surface area contributed by atoms with Gasteiger partial charge in [-0.2, -0.15) is 0 Å². The quantitative estimate of drug-likeness (QED) is 0.297. The molecule has 1 aliphatic rings. The van der Waals surface area contributed by atoms with Crippen LogP contribution in [0.2, 0.25) is 5.02 Å². The Morgan fingerprint density at radius 3 is 2.78 bits per heavy atom. The van der Waals surface area contributed by atoms with Gasteiger partial charge in [0.15, 0.2) is 5.16 Å². The summed E-state index contributed by atoms with van der Waals surface area (Å²) >= 11 is 9.06. The summed E-state index contributed by atoms with van der Waals surface area (Å²) in [7, 11) is 0. The fourth-order valence-corrected chi connectivity index (χ4v) is 6.69. The van der Waals surface area contributed by atoms with Crippen molar-refractivity contribution in [1.82, 2.24) is 19.2 Å². The molecular formula is C26H22ClN5O3S2. The predicted octanol–water partition coefficient (Wildman–Crippen LogP) is 5.33. The Morgan fingerprint density at radius 1 is 1.19 bits per heavy atom. The van der Waals surface area contributed by atoms with Crippen LogP contribution in [0.3, 0.4) is 0 Å². The molecule has 3 aromatic heterocycles. The topological polar surface area (TPSA) is 90.5 Å². The number of para-hydroxylation sites is 1. The van der Waals surface area contributed by atoms with Crippen LogP contribution >= 0.6 is 34.7 Å². The number of halogens is 1. The molecule has 0 atom stereocenters. The Hall–Kier alpha value is -3.18. The van der Waals surface area contributed by atoms with E-state index in [1.165, 1.54) is 23.1 Å². The maximum absolute atomic E-state index is 14.0. The zero-order chi connectivity index (χ0) is 25.7. The number of aromatic nitrogens is 4. The van der Waals surface area contributed by atoms with E-state index in [1.807, 2.05) is 54.6 Å². The van der Waals surface area contributed by atoms with E-state index < -0.39 is 0 Å². The molecule has 0 bridgehead atoms. The van der Waals surface area contributed by atoms with Crippen molar-refractivity contribution in [2.75, 3.05) is 11.1 Å². The van der Waals surface area contributed by atoms with E-state index in [2.05, 4.69) is 15.5 Å². The normalized spacial score (nSPS) is 14.7. The van der Waals surface area contributed by atoms with Crippen molar-refractivity contribution < 1.29 is 9.53 Å². The second-order valence-corrected chi connectivity index (χ2v) is 11.8. The third-order valence-electron chi connectivity index (χ3n) is 6.16. The first kappa shape index (κ1) is 24.2. The lowest BCUT2D eigenvalue weighted by molar-refractivity contribution is -0.113. The summed E-state index contributed by atoms with van der Waals surface area (Å²) in [4.78, 5) is 28.4. The fourth-order valence-electron chi connectivity index (χ4n) is 4.49. The molecule has 1 N–H and O–H groups in total. The summed E-state index contributed by atoms with van der Waals surface area (Å²) in [5.41, 5.74) is 1.76. The molecule has 0 fully saturated rings. The molecule has 0 saturated carbocycles. The fraction of sp³-hybridized carbons (Fsp3) is 0.231. The summed E-state index contributed by atoms with van der Waals surface area (Å²) in [5, 5.41) is 13.3. The molecule has 8 nitrogen and oxygen atoms in total. The molecule has 0 radical (unpaired) electrons. The summed E-state index contributed by atoms with van der Waals surface area (Å²) in [5.74, 6) is 0.340. The molecule has 37 heavy (non-hydrogen) atoms. The first-order valence-electron chi connectivity index (χ1n) is 11.6. The molecule has 0 spiro atoms. The molecule has 0 saturated heterocycles. The van der Waals surface area contributed by atoms with E-state index in [9.17, 15) is 9.59 Å². The molecule has 0 aliphatic carbocycles. The summed E-state index contributed by atoms with van der Waals surface area (Å²) < 4.78 is 9.45. The SMILES string of the molecule is CC1(C)Cc2c(sc3c2c(=O)n(-c2cccc(Cl)c2)c2nnc(SCC(=O)Nc4ccccc4)n32)CO1. The van der Waals surface area contributed by atoms with E-state index in [4.69, 9.17) is 16.3 Å². The Kier molecular flexibility index (Phi) is 6.07. The highest BCUT2D eigenvalue weighted by molar-refractivity contribution is 7.99. The van der Waals surface area contributed by atoms with Crippen LogP contribution in [-0.2, 0) is 22.6 Å². The van der Waals surface area contributed by atoms with Crippen molar-refractivity contribution in [3.05, 3.63) is 80.4 Å². The lowest BCUT2D eigenvalue weighted by Gasteiger charge is -2.29. The molecule has 6 rings (SSSR count). The number of rotatable bonds is 5. The molecule has 188 valence electrons. The van der Waals surface area contributed by atoms with Crippen LogP contribution in [0.15, 0.2) is 64.5 Å². The first-order chi connectivity index (χ1) is 17.8. The number of ether oxygens (including phenoxy) is 1. The van der Waals surface area contributed by atoms with Crippen molar-refractivity contribution in [3.8, 4) is 5.69 Å². The second-order valence-electron chi connectivity index (χ2n) is 9.35. The number of amides is 1. The number of carbonyl (C=O) groups is 1. The largest absolute Gasteiger partial charge is 0.370 e. The van der Waals surface area contributed by atoms with Gasteiger partial charge in [-0.15, -0.1) is 21.5 Å². The number of benzene rings is 2. The number of thioether (sulfide) groups is 1. The third kappa shape index (κ3) is 4.44. The van der Waals surface area contributed by atoms with Crippen molar-refractivity contribution >= 4 is 62.3 Å². The van der Waals surface area contributed by atoms with Gasteiger partial charge in [-0.3, -0.25) is 9.59 Å². The summed E-state index contributed by atoms with van der Waals surface area (Å²) in [6.45, 7) is 4.49. The monoisotopic (exact) mass is 551 g/mol. The number of hydrogen-bond acceptors (Lipinski definition) is 7. The van der Waals surface area contributed by atoms with E-state index >= 15 is 0 Å². The standard InChI is InChI=1S/C26H22ClN5O3S2/c1-26(2)12-18-19(13-35-26)37-23-21(18)22(34)31(17-10-6-7-15(27)11-17)24-29-30-25(32(23)24)36-14-20(33)28-16-8-4-3-5-9-16/h3-11H,12-14H2,1-2H3,(H,28,33). The van der Waals surface area contributed by atoms with E-state index in [0.29, 0.717) is 40.1 Å². The van der Waals surface area contributed by atoms with Gasteiger partial charge in [-0.05, 0) is 49.7 Å². The van der Waals surface area contributed by atoms with Crippen LogP contribution in [-0.4, -0.2) is 36.4 Å². The van der Waals surface area contributed by atoms with Crippen LogP contribution in [0.1, 0.15) is 24.3 Å². The minimum absolute atomic E-state index is 0.134. The molecule has 4 heterocycles. The van der Waals surface area contributed by atoms with Crippen molar-refractivity contribution in [2.45, 2.75) is 37.6 Å². The number of hydrogen-bond donors (Lipinski definition) is 1. The minimum Gasteiger partial charge on any atom is -0.370 e. The number of carbonyl (C=O) groups excluding carboxylic acids is 1. The van der Waals surface area contributed by atoms with Gasteiger partial charge in [0, 0.05) is 22.0 Å². The molecule has 2 aromatic carbocycles. The van der Waals surface area contributed by atoms with Crippen LogP contribution in [0.25, 0.3) is 21.7 Å². The second kappa shape index (κ2) is 9.29. The molecule has 1 aliphatic heterocycles. The van der Waals surface area contributed by atoms with Gasteiger partial charge in [0.2, 0.25) is 11.7 Å².